The molecule has 0 radical (unpaired) electrons. The number of carbonyl (C=O) groups excluding carboxylic acids is 1. The number of nitrogens with one attached hydrogen (secondary N) is 1. The fourth-order valence-corrected chi connectivity index (χ4v) is 5.96. The van der Waals surface area contributed by atoms with E-state index in [1.807, 2.05) is 31.2 Å². The molecule has 0 aliphatic carbocycles. The number of carbonyl (C=O) groups is 1. The molecule has 4 heterocycles. The van der Waals surface area contributed by atoms with Crippen LogP contribution in [0.1, 0.15) is 29.3 Å². The van der Waals surface area contributed by atoms with Gasteiger partial charge in [0.2, 0.25) is 5.91 Å². The van der Waals surface area contributed by atoms with Crippen molar-refractivity contribution in [2.24, 2.45) is 4.99 Å². The van der Waals surface area contributed by atoms with Gasteiger partial charge in [-0.25, -0.2) is 4.98 Å². The van der Waals surface area contributed by atoms with Crippen LogP contribution in [0.5, 0.6) is 0 Å². The minimum absolute atomic E-state index is 0.0443. The molecule has 1 amide bonds. The first-order valence-electron chi connectivity index (χ1n) is 9.83. The van der Waals surface area contributed by atoms with Gasteiger partial charge in [-0.3, -0.25) is 19.1 Å². The number of thioether (sulfide) groups is 2. The molecule has 1 aromatic carbocycles. The molecule has 1 atom stereocenters. The zero-order chi connectivity index (χ0) is 20.8. The molecule has 1 N–H and O–H groups in total. The van der Waals surface area contributed by atoms with Crippen molar-refractivity contribution in [3.05, 3.63) is 56.8 Å². The Bertz CT molecular complexity index is 1150. The molecular formula is C21H21N5O2S2. The van der Waals surface area contributed by atoms with Gasteiger partial charge in [0, 0.05) is 41.1 Å². The predicted octanol–water partition coefficient (Wildman–Crippen LogP) is 3.25. The van der Waals surface area contributed by atoms with Crippen molar-refractivity contribution < 1.29 is 4.79 Å². The first kappa shape index (κ1) is 19.4. The van der Waals surface area contributed by atoms with E-state index in [1.165, 1.54) is 11.8 Å². The van der Waals surface area contributed by atoms with E-state index in [0.717, 1.165) is 40.9 Å². The fraction of sp³-hybridized carbons (Fsp3) is 0.333. The number of fused-ring (bicyclic) bond motifs is 2. The fourth-order valence-electron chi connectivity index (χ4n) is 3.82. The second kappa shape index (κ2) is 7.63. The van der Waals surface area contributed by atoms with E-state index in [4.69, 9.17) is 0 Å². The van der Waals surface area contributed by atoms with Crippen molar-refractivity contribution in [2.75, 3.05) is 24.2 Å². The summed E-state index contributed by atoms with van der Waals surface area (Å²) in [6, 6.07) is 7.71. The van der Waals surface area contributed by atoms with Gasteiger partial charge in [-0.05, 0) is 31.5 Å². The normalized spacial score (nSPS) is 19.4. The van der Waals surface area contributed by atoms with Crippen LogP contribution in [-0.4, -0.2) is 44.4 Å². The third-order valence-electron chi connectivity index (χ3n) is 5.58. The summed E-state index contributed by atoms with van der Waals surface area (Å²) in [4.78, 5) is 36.5. The highest BCUT2D eigenvalue weighted by Gasteiger charge is 2.29. The molecule has 0 spiro atoms. The molecule has 9 heteroatoms. The van der Waals surface area contributed by atoms with Gasteiger partial charge in [-0.15, -0.1) is 0 Å². The van der Waals surface area contributed by atoms with E-state index in [9.17, 15) is 9.59 Å². The zero-order valence-corrected chi connectivity index (χ0v) is 18.3. The number of amides is 1. The molecule has 0 saturated carbocycles. The maximum absolute atomic E-state index is 12.6. The molecule has 7 nitrogen and oxygen atoms in total. The highest BCUT2D eigenvalue weighted by Crippen LogP contribution is 2.36. The Kier molecular flexibility index (Phi) is 4.94. The molecule has 30 heavy (non-hydrogen) atoms. The lowest BCUT2D eigenvalue weighted by molar-refractivity contribution is -0.116. The number of aryl methyl sites for hydroxylation is 1. The highest BCUT2D eigenvalue weighted by atomic mass is 32.2. The topological polar surface area (TPSA) is 79.6 Å². The van der Waals surface area contributed by atoms with Gasteiger partial charge < -0.3 is 10.2 Å². The quantitative estimate of drug-likeness (QED) is 0.737. The van der Waals surface area contributed by atoms with Crippen molar-refractivity contribution >= 4 is 46.0 Å². The van der Waals surface area contributed by atoms with Crippen LogP contribution in [0.25, 0.3) is 5.70 Å². The molecule has 1 aromatic heterocycles. The number of benzene rings is 1. The number of nitrogens with zero attached hydrogens (tertiary/aromatic N) is 4. The summed E-state index contributed by atoms with van der Waals surface area (Å²) in [5.41, 5.74) is 4.38. The summed E-state index contributed by atoms with van der Waals surface area (Å²) in [5.74, 6) is 0.583. The number of rotatable bonds is 4. The summed E-state index contributed by atoms with van der Waals surface area (Å²) in [7, 11) is 0. The first-order valence-corrected chi connectivity index (χ1v) is 11.7. The molecular weight excluding hydrogens is 418 g/mol. The molecule has 3 aliphatic rings. The largest absolute Gasteiger partial charge is 0.326 e. The number of aliphatic imine (C=N–C) groups is 1. The lowest BCUT2D eigenvalue weighted by Gasteiger charge is -2.17. The van der Waals surface area contributed by atoms with Gasteiger partial charge in [0.05, 0.1) is 18.3 Å². The highest BCUT2D eigenvalue weighted by molar-refractivity contribution is 8.16. The van der Waals surface area contributed by atoms with Crippen molar-refractivity contribution in [3.8, 4) is 0 Å². The molecule has 5 rings (SSSR count). The Hall–Kier alpha value is -2.52. The monoisotopic (exact) mass is 439 g/mol. The predicted molar refractivity (Wildman–Crippen MR) is 122 cm³/mol. The third-order valence-corrected chi connectivity index (χ3v) is 7.57. The van der Waals surface area contributed by atoms with E-state index < -0.39 is 0 Å². The van der Waals surface area contributed by atoms with E-state index >= 15 is 0 Å². The Balaban J connectivity index is 1.26. The van der Waals surface area contributed by atoms with Gasteiger partial charge >= 0.3 is 0 Å². The maximum Gasteiger partial charge on any atom is 0.257 e. The summed E-state index contributed by atoms with van der Waals surface area (Å²) in [5, 5.41) is 6.85. The number of hydrogen-bond acceptors (Lipinski definition) is 7. The summed E-state index contributed by atoms with van der Waals surface area (Å²) in [6.45, 7) is 5.39. The van der Waals surface area contributed by atoms with Crippen molar-refractivity contribution in [1.82, 2.24) is 14.5 Å². The summed E-state index contributed by atoms with van der Waals surface area (Å²) < 4.78 is 1.68. The minimum atomic E-state index is -0.169. The van der Waals surface area contributed by atoms with Gasteiger partial charge in [-0.1, -0.05) is 35.7 Å². The summed E-state index contributed by atoms with van der Waals surface area (Å²) in [6.07, 6.45) is 0.251. The average molecular weight is 440 g/mol. The van der Waals surface area contributed by atoms with Crippen molar-refractivity contribution in [3.63, 3.8) is 0 Å². The Morgan fingerprint density at radius 1 is 1.27 bits per heavy atom. The standard InChI is InChI=1S/C21H21N5O2S2/c1-12-13(2)23-21-26(19(12)28)16(10-29-21)9-18(27)24-15-5-3-14(4-6-15)17-11-30-20-22-7-8-25(17)20/h3-6,11,16H,7-10H2,1-2H3,(H,24,27). The minimum Gasteiger partial charge on any atom is -0.326 e. The molecule has 3 aliphatic heterocycles. The van der Waals surface area contributed by atoms with Crippen LogP contribution >= 0.6 is 23.5 Å². The smallest absolute Gasteiger partial charge is 0.257 e. The lowest BCUT2D eigenvalue weighted by Crippen LogP contribution is -2.29. The van der Waals surface area contributed by atoms with Gasteiger partial charge in [-0.2, -0.15) is 0 Å². The second-order valence-electron chi connectivity index (χ2n) is 7.51. The Morgan fingerprint density at radius 3 is 2.87 bits per heavy atom. The van der Waals surface area contributed by atoms with Crippen molar-refractivity contribution in [2.45, 2.75) is 31.5 Å². The third kappa shape index (κ3) is 3.35. The van der Waals surface area contributed by atoms with Crippen LogP contribution in [0.3, 0.4) is 0 Å². The van der Waals surface area contributed by atoms with Crippen LogP contribution < -0.4 is 10.9 Å². The van der Waals surface area contributed by atoms with Crippen molar-refractivity contribution in [1.29, 1.82) is 0 Å². The van der Waals surface area contributed by atoms with E-state index in [0.29, 0.717) is 16.5 Å². The van der Waals surface area contributed by atoms with Crippen LogP contribution in [-0.2, 0) is 4.79 Å². The molecule has 1 unspecified atom stereocenters. The molecule has 2 aromatic rings. The number of amidine groups is 1. The van der Waals surface area contributed by atoms with E-state index in [-0.39, 0.29) is 23.9 Å². The molecule has 0 fully saturated rings. The molecule has 0 saturated heterocycles. The van der Waals surface area contributed by atoms with E-state index in [1.54, 1.807) is 23.3 Å². The summed E-state index contributed by atoms with van der Waals surface area (Å²) >= 11 is 3.19. The van der Waals surface area contributed by atoms with Crippen LogP contribution in [0.15, 0.2) is 44.6 Å². The lowest BCUT2D eigenvalue weighted by atomic mass is 10.1. The number of anilines is 1. The van der Waals surface area contributed by atoms with Crippen LogP contribution in [0.4, 0.5) is 5.69 Å². The average Bonchev–Trinajstić information content (AvgIpc) is 3.43. The second-order valence-corrected chi connectivity index (χ2v) is 9.34. The Labute approximate surface area is 182 Å². The van der Waals surface area contributed by atoms with Crippen LogP contribution in [0.2, 0.25) is 0 Å². The number of aromatic nitrogens is 2. The first-order chi connectivity index (χ1) is 14.5. The Morgan fingerprint density at radius 2 is 2.07 bits per heavy atom. The van der Waals surface area contributed by atoms with Gasteiger partial charge in [0.25, 0.3) is 5.56 Å². The van der Waals surface area contributed by atoms with Gasteiger partial charge in [0.1, 0.15) is 0 Å². The molecule has 0 bridgehead atoms. The zero-order valence-electron chi connectivity index (χ0n) is 16.7. The number of hydrogen-bond donors (Lipinski definition) is 1. The van der Waals surface area contributed by atoms with Gasteiger partial charge in [0.15, 0.2) is 10.3 Å². The maximum atomic E-state index is 12.6. The van der Waals surface area contributed by atoms with E-state index in [2.05, 4.69) is 25.6 Å². The SMILES string of the molecule is Cc1nc2n(c(=O)c1C)C(CC(=O)Nc1ccc(C3=CSC4=NCCN34)cc1)CS2. The molecule has 154 valence electrons. The van der Waals surface area contributed by atoms with Crippen LogP contribution in [0, 0.1) is 13.8 Å².